The van der Waals surface area contributed by atoms with E-state index in [1.807, 2.05) is 27.7 Å². The largest absolute Gasteiger partial charge is 0.492 e. The van der Waals surface area contributed by atoms with E-state index in [1.54, 1.807) is 6.08 Å². The van der Waals surface area contributed by atoms with Crippen LogP contribution in [0.1, 0.15) is 33.4 Å². The Labute approximate surface area is 129 Å². The van der Waals surface area contributed by atoms with E-state index in [4.69, 9.17) is 26.6 Å². The summed E-state index contributed by atoms with van der Waals surface area (Å²) in [5.74, 6) is 0.162. The SMILES string of the molecule is CC1(C)OB(C(=Cc2cnc(N)c(Cl)n2)CO)OC1(C)C. The molecule has 2 heterocycles. The van der Waals surface area contributed by atoms with E-state index in [2.05, 4.69) is 9.97 Å². The van der Waals surface area contributed by atoms with Gasteiger partial charge in [0.25, 0.3) is 0 Å². The van der Waals surface area contributed by atoms with Crippen molar-refractivity contribution in [1.29, 1.82) is 0 Å². The standard InChI is InChI=1S/C13H19BClN3O3/c1-12(2)13(3,4)21-14(20-12)8(7-19)5-9-6-17-11(16)10(15)18-9/h5-6,19H,7H2,1-4H3,(H2,16,17). The van der Waals surface area contributed by atoms with E-state index < -0.39 is 18.3 Å². The van der Waals surface area contributed by atoms with Crippen molar-refractivity contribution < 1.29 is 14.4 Å². The number of aliphatic hydroxyl groups excluding tert-OH is 1. The van der Waals surface area contributed by atoms with Crippen LogP contribution in [0.4, 0.5) is 5.82 Å². The minimum atomic E-state index is -0.641. The molecule has 0 unspecified atom stereocenters. The zero-order valence-electron chi connectivity index (χ0n) is 12.6. The van der Waals surface area contributed by atoms with Gasteiger partial charge in [-0.05, 0) is 39.2 Å². The highest BCUT2D eigenvalue weighted by Gasteiger charge is 2.52. The van der Waals surface area contributed by atoms with Gasteiger partial charge in [-0.25, -0.2) is 9.97 Å². The second-order valence-electron chi connectivity index (χ2n) is 5.94. The average Bonchev–Trinajstić information content (AvgIpc) is 2.59. The molecule has 0 saturated carbocycles. The van der Waals surface area contributed by atoms with Gasteiger partial charge in [0.05, 0.1) is 29.7 Å². The quantitative estimate of drug-likeness (QED) is 0.826. The third-order valence-electron chi connectivity index (χ3n) is 3.85. The molecule has 0 bridgehead atoms. The molecule has 1 aliphatic rings. The minimum Gasteiger partial charge on any atom is -0.400 e. The summed E-state index contributed by atoms with van der Waals surface area (Å²) in [5, 5.41) is 9.70. The zero-order valence-corrected chi connectivity index (χ0v) is 13.3. The van der Waals surface area contributed by atoms with Crippen molar-refractivity contribution in [2.75, 3.05) is 12.3 Å². The van der Waals surface area contributed by atoms with Gasteiger partial charge in [0.1, 0.15) is 0 Å². The lowest BCUT2D eigenvalue weighted by molar-refractivity contribution is 0.00578. The second kappa shape index (κ2) is 5.57. The predicted octanol–water partition coefficient (Wildman–Crippen LogP) is 1.72. The highest BCUT2D eigenvalue weighted by molar-refractivity contribution is 6.55. The number of hydrogen-bond acceptors (Lipinski definition) is 6. The summed E-state index contributed by atoms with van der Waals surface area (Å²) in [6.07, 6.45) is 3.11. The molecule has 1 aliphatic heterocycles. The fourth-order valence-electron chi connectivity index (χ4n) is 1.83. The summed E-state index contributed by atoms with van der Waals surface area (Å²) < 4.78 is 11.8. The number of nitrogens with zero attached hydrogens (tertiary/aromatic N) is 2. The van der Waals surface area contributed by atoms with Gasteiger partial charge in [0.15, 0.2) is 11.0 Å². The number of rotatable bonds is 3. The van der Waals surface area contributed by atoms with E-state index in [1.165, 1.54) is 6.20 Å². The number of nitrogen functional groups attached to an aromatic ring is 1. The topological polar surface area (TPSA) is 90.5 Å². The Balaban J connectivity index is 2.28. The van der Waals surface area contributed by atoms with Gasteiger partial charge < -0.3 is 20.1 Å². The van der Waals surface area contributed by atoms with Gasteiger partial charge in [-0.1, -0.05) is 11.6 Å². The van der Waals surface area contributed by atoms with Crippen LogP contribution in [0.25, 0.3) is 6.08 Å². The van der Waals surface area contributed by atoms with Crippen molar-refractivity contribution in [1.82, 2.24) is 9.97 Å². The van der Waals surface area contributed by atoms with Crippen LogP contribution in [0, 0.1) is 0 Å². The molecule has 1 saturated heterocycles. The fraction of sp³-hybridized carbons (Fsp3) is 0.538. The summed E-state index contributed by atoms with van der Waals surface area (Å²) in [5.41, 5.74) is 5.59. The molecular formula is C13H19BClN3O3. The highest BCUT2D eigenvalue weighted by atomic mass is 35.5. The second-order valence-corrected chi connectivity index (χ2v) is 6.29. The monoisotopic (exact) mass is 311 g/mol. The molecular weight excluding hydrogens is 292 g/mol. The van der Waals surface area contributed by atoms with Gasteiger partial charge in [0, 0.05) is 0 Å². The van der Waals surface area contributed by atoms with Crippen LogP contribution in [0.5, 0.6) is 0 Å². The molecule has 0 radical (unpaired) electrons. The molecule has 3 N–H and O–H groups in total. The van der Waals surface area contributed by atoms with E-state index >= 15 is 0 Å². The molecule has 0 atom stereocenters. The third kappa shape index (κ3) is 3.21. The van der Waals surface area contributed by atoms with Gasteiger partial charge in [-0.2, -0.15) is 0 Å². The zero-order chi connectivity index (χ0) is 15.8. The maximum absolute atomic E-state index is 9.58. The first-order valence-corrected chi connectivity index (χ1v) is 6.99. The van der Waals surface area contributed by atoms with Crippen LogP contribution >= 0.6 is 11.6 Å². The van der Waals surface area contributed by atoms with Gasteiger partial charge >= 0.3 is 7.12 Å². The van der Waals surface area contributed by atoms with Crippen LogP contribution in [0.3, 0.4) is 0 Å². The Bertz CT molecular complexity index is 562. The van der Waals surface area contributed by atoms with Crippen LogP contribution in [-0.4, -0.2) is 40.0 Å². The van der Waals surface area contributed by atoms with Crippen LogP contribution in [0.2, 0.25) is 5.15 Å². The number of hydrogen-bond donors (Lipinski definition) is 2. The Morgan fingerprint density at radius 1 is 1.38 bits per heavy atom. The molecule has 114 valence electrons. The summed E-state index contributed by atoms with van der Waals surface area (Å²) in [6.45, 7) is 7.56. The Morgan fingerprint density at radius 2 is 1.95 bits per heavy atom. The molecule has 21 heavy (non-hydrogen) atoms. The molecule has 8 heteroatoms. The lowest BCUT2D eigenvalue weighted by Gasteiger charge is -2.32. The lowest BCUT2D eigenvalue weighted by atomic mass is 9.78. The molecule has 0 aromatic carbocycles. The van der Waals surface area contributed by atoms with Crippen molar-refractivity contribution in [3.05, 3.63) is 22.5 Å². The molecule has 0 spiro atoms. The lowest BCUT2D eigenvalue weighted by Crippen LogP contribution is -2.41. The maximum Gasteiger partial charge on any atom is 0.492 e. The van der Waals surface area contributed by atoms with Crippen LogP contribution < -0.4 is 5.73 Å². The molecule has 1 aromatic heterocycles. The van der Waals surface area contributed by atoms with Crippen molar-refractivity contribution in [3.8, 4) is 0 Å². The predicted molar refractivity (Wildman–Crippen MR) is 82.6 cm³/mol. The molecule has 0 amide bonds. The van der Waals surface area contributed by atoms with Gasteiger partial charge in [-0.3, -0.25) is 0 Å². The third-order valence-corrected chi connectivity index (χ3v) is 4.12. The summed E-state index contributed by atoms with van der Waals surface area (Å²) >= 11 is 5.84. The van der Waals surface area contributed by atoms with Crippen LogP contribution in [-0.2, 0) is 9.31 Å². The van der Waals surface area contributed by atoms with Gasteiger partial charge in [-0.15, -0.1) is 0 Å². The number of aliphatic hydroxyl groups is 1. The highest BCUT2D eigenvalue weighted by Crippen LogP contribution is 2.38. The first-order valence-electron chi connectivity index (χ1n) is 6.61. The summed E-state index contributed by atoms with van der Waals surface area (Å²) in [7, 11) is -0.641. The van der Waals surface area contributed by atoms with Gasteiger partial charge in [0.2, 0.25) is 0 Å². The normalized spacial score (nSPS) is 20.9. The number of anilines is 1. The van der Waals surface area contributed by atoms with E-state index in [0.717, 1.165) is 0 Å². The molecule has 1 fully saturated rings. The fourth-order valence-corrected chi connectivity index (χ4v) is 1.98. The first kappa shape index (κ1) is 16.2. The Morgan fingerprint density at radius 3 is 2.43 bits per heavy atom. The molecule has 6 nitrogen and oxygen atoms in total. The van der Waals surface area contributed by atoms with Crippen molar-refractivity contribution in [3.63, 3.8) is 0 Å². The van der Waals surface area contributed by atoms with Crippen LogP contribution in [0.15, 0.2) is 11.7 Å². The Kier molecular flexibility index (Phi) is 4.30. The maximum atomic E-state index is 9.58. The number of halogens is 1. The van der Waals surface area contributed by atoms with Crippen molar-refractivity contribution in [2.45, 2.75) is 38.9 Å². The van der Waals surface area contributed by atoms with E-state index in [9.17, 15) is 5.11 Å². The van der Waals surface area contributed by atoms with E-state index in [-0.39, 0.29) is 17.6 Å². The average molecular weight is 312 g/mol. The summed E-state index contributed by atoms with van der Waals surface area (Å²) in [6, 6.07) is 0. The Hall–Kier alpha value is -1.15. The smallest absolute Gasteiger partial charge is 0.400 e. The molecule has 2 rings (SSSR count). The van der Waals surface area contributed by atoms with E-state index in [0.29, 0.717) is 11.2 Å². The molecule has 1 aromatic rings. The number of aromatic nitrogens is 2. The summed E-state index contributed by atoms with van der Waals surface area (Å²) in [4.78, 5) is 8.01. The van der Waals surface area contributed by atoms with Crippen molar-refractivity contribution in [2.24, 2.45) is 0 Å². The number of nitrogens with two attached hydrogens (primary N) is 1. The molecule has 0 aliphatic carbocycles. The van der Waals surface area contributed by atoms with Crippen molar-refractivity contribution >= 4 is 30.6 Å². The minimum absolute atomic E-state index is 0.120. The first-order chi connectivity index (χ1) is 9.66.